The monoisotopic (exact) mass is 544 g/mol. The van der Waals surface area contributed by atoms with Crippen LogP contribution in [0.1, 0.15) is 42.5 Å². The maximum atomic E-state index is 12.5. The summed E-state index contributed by atoms with van der Waals surface area (Å²) >= 11 is 0. The molecule has 3 aromatic rings. The van der Waals surface area contributed by atoms with Gasteiger partial charge in [-0.2, -0.15) is 0 Å². The molecule has 40 heavy (non-hydrogen) atoms. The highest BCUT2D eigenvalue weighted by molar-refractivity contribution is 5.84. The SMILES string of the molecule is O=C(Cc1ccccc1)N[C@@H](CCN(CCCCc1ccc2c(n1)NCCC2)CCOc1ccccc1)C(=O)O. The van der Waals surface area contributed by atoms with Crippen molar-refractivity contribution < 1.29 is 19.4 Å². The van der Waals surface area contributed by atoms with E-state index in [-0.39, 0.29) is 12.3 Å². The summed E-state index contributed by atoms with van der Waals surface area (Å²) in [7, 11) is 0. The van der Waals surface area contributed by atoms with E-state index in [0.29, 0.717) is 26.1 Å². The van der Waals surface area contributed by atoms with Crippen LogP contribution in [0.5, 0.6) is 5.75 Å². The van der Waals surface area contributed by atoms with Gasteiger partial charge in [-0.05, 0) is 74.4 Å². The molecule has 0 radical (unpaired) electrons. The lowest BCUT2D eigenvalue weighted by atomic mass is 10.1. The first-order valence-corrected chi connectivity index (χ1v) is 14.3. The van der Waals surface area contributed by atoms with E-state index in [2.05, 4.69) is 27.7 Å². The first-order valence-electron chi connectivity index (χ1n) is 14.3. The Hall–Kier alpha value is -3.91. The molecule has 3 N–H and O–H groups in total. The van der Waals surface area contributed by atoms with Crippen LogP contribution in [0.4, 0.5) is 5.82 Å². The Bertz CT molecular complexity index is 1210. The van der Waals surface area contributed by atoms with Gasteiger partial charge in [0.15, 0.2) is 0 Å². The molecule has 212 valence electrons. The number of aromatic nitrogens is 1. The number of nitrogens with one attached hydrogen (secondary N) is 2. The highest BCUT2D eigenvalue weighted by Crippen LogP contribution is 2.20. The van der Waals surface area contributed by atoms with E-state index >= 15 is 0 Å². The van der Waals surface area contributed by atoms with Crippen LogP contribution in [0.3, 0.4) is 0 Å². The van der Waals surface area contributed by atoms with Gasteiger partial charge in [0, 0.05) is 25.3 Å². The molecule has 2 aromatic carbocycles. The second kappa shape index (κ2) is 15.6. The van der Waals surface area contributed by atoms with Crippen LogP contribution >= 0.6 is 0 Å². The standard InChI is InChI=1S/C32H40N4O4/c37-30(24-25-10-3-1-4-11-25)35-29(32(38)39)18-21-36(22-23-40-28-14-5-2-6-15-28)20-8-7-13-27-17-16-26-12-9-19-33-31(26)34-27/h1-6,10-11,14-17,29H,7-9,12-13,18-24H2,(H,33,34)(H,35,37)(H,38,39)/t29-/m0/s1. The number of carboxylic acids is 1. The van der Waals surface area contributed by atoms with Gasteiger partial charge in [0.2, 0.25) is 5.91 Å². The van der Waals surface area contributed by atoms with Gasteiger partial charge in [-0.25, -0.2) is 9.78 Å². The summed E-state index contributed by atoms with van der Waals surface area (Å²) in [6.07, 6.45) is 5.55. The average Bonchev–Trinajstić information content (AvgIpc) is 2.97. The van der Waals surface area contributed by atoms with Gasteiger partial charge in [-0.3, -0.25) is 9.69 Å². The Labute approximate surface area is 236 Å². The summed E-state index contributed by atoms with van der Waals surface area (Å²) in [5, 5.41) is 15.9. The van der Waals surface area contributed by atoms with Crippen LogP contribution in [0.2, 0.25) is 0 Å². The van der Waals surface area contributed by atoms with Crippen LogP contribution in [0, 0.1) is 0 Å². The Balaban J connectivity index is 1.27. The zero-order valence-electron chi connectivity index (χ0n) is 23.1. The number of carbonyl (C=O) groups excluding carboxylic acids is 1. The number of ether oxygens (including phenoxy) is 1. The third-order valence-electron chi connectivity index (χ3n) is 7.10. The molecular formula is C32H40N4O4. The third-order valence-corrected chi connectivity index (χ3v) is 7.10. The molecule has 0 spiro atoms. The van der Waals surface area contributed by atoms with E-state index in [1.54, 1.807) is 0 Å². The molecule has 8 heteroatoms. The molecule has 4 rings (SSSR count). The van der Waals surface area contributed by atoms with Crippen molar-refractivity contribution in [2.75, 3.05) is 38.1 Å². The number of pyridine rings is 1. The Morgan fingerprint density at radius 3 is 2.52 bits per heavy atom. The van der Waals surface area contributed by atoms with Crippen molar-refractivity contribution in [2.45, 2.75) is 51.0 Å². The number of aryl methyl sites for hydroxylation is 2. The van der Waals surface area contributed by atoms with Gasteiger partial charge >= 0.3 is 5.97 Å². The van der Waals surface area contributed by atoms with Crippen LogP contribution in [0.25, 0.3) is 0 Å². The minimum absolute atomic E-state index is 0.158. The van der Waals surface area contributed by atoms with E-state index in [1.807, 2.05) is 60.7 Å². The fourth-order valence-electron chi connectivity index (χ4n) is 4.89. The summed E-state index contributed by atoms with van der Waals surface area (Å²) in [5.74, 6) is 0.530. The Kier molecular flexibility index (Phi) is 11.4. The summed E-state index contributed by atoms with van der Waals surface area (Å²) in [5.41, 5.74) is 3.25. The summed E-state index contributed by atoms with van der Waals surface area (Å²) in [6.45, 7) is 3.50. The largest absolute Gasteiger partial charge is 0.492 e. The number of aliphatic carboxylic acids is 1. The fourth-order valence-corrected chi connectivity index (χ4v) is 4.89. The quantitative estimate of drug-likeness (QED) is 0.231. The van der Waals surface area contributed by atoms with E-state index in [4.69, 9.17) is 9.72 Å². The number of nitrogens with zero attached hydrogens (tertiary/aromatic N) is 2. The molecule has 0 unspecified atom stereocenters. The third kappa shape index (κ3) is 9.68. The second-order valence-corrected chi connectivity index (χ2v) is 10.2. The number of rotatable bonds is 16. The zero-order chi connectivity index (χ0) is 28.0. The van der Waals surface area contributed by atoms with Crippen LogP contribution in [0.15, 0.2) is 72.8 Å². The molecule has 2 heterocycles. The number of carbonyl (C=O) groups is 2. The zero-order valence-corrected chi connectivity index (χ0v) is 23.1. The number of carboxylic acid groups (broad SMARTS) is 1. The summed E-state index contributed by atoms with van der Waals surface area (Å²) in [4.78, 5) is 31.5. The molecule has 0 saturated carbocycles. The summed E-state index contributed by atoms with van der Waals surface area (Å²) in [6, 6.07) is 22.4. The molecule has 0 saturated heterocycles. The number of para-hydroxylation sites is 1. The fraction of sp³-hybridized carbons (Fsp3) is 0.406. The maximum Gasteiger partial charge on any atom is 0.326 e. The molecule has 1 atom stereocenters. The Morgan fingerprint density at radius 2 is 1.75 bits per heavy atom. The van der Waals surface area contributed by atoms with Crippen molar-refractivity contribution in [2.24, 2.45) is 0 Å². The van der Waals surface area contributed by atoms with Crippen molar-refractivity contribution in [3.63, 3.8) is 0 Å². The number of fused-ring (bicyclic) bond motifs is 1. The highest BCUT2D eigenvalue weighted by atomic mass is 16.5. The smallest absolute Gasteiger partial charge is 0.326 e. The number of unbranched alkanes of at least 4 members (excludes halogenated alkanes) is 1. The predicted molar refractivity (Wildman–Crippen MR) is 157 cm³/mol. The van der Waals surface area contributed by atoms with Crippen molar-refractivity contribution in [1.82, 2.24) is 15.2 Å². The first kappa shape index (κ1) is 29.1. The van der Waals surface area contributed by atoms with Gasteiger partial charge in [0.1, 0.15) is 24.2 Å². The maximum absolute atomic E-state index is 12.5. The molecule has 0 fully saturated rings. The van der Waals surface area contributed by atoms with Gasteiger partial charge in [0.25, 0.3) is 0 Å². The van der Waals surface area contributed by atoms with E-state index in [9.17, 15) is 14.7 Å². The van der Waals surface area contributed by atoms with Crippen LogP contribution in [-0.4, -0.2) is 65.7 Å². The first-order chi connectivity index (χ1) is 19.6. The van der Waals surface area contributed by atoms with Gasteiger partial charge in [0.05, 0.1) is 6.42 Å². The van der Waals surface area contributed by atoms with Crippen LogP contribution < -0.4 is 15.4 Å². The van der Waals surface area contributed by atoms with Gasteiger partial charge < -0.3 is 20.5 Å². The van der Waals surface area contributed by atoms with Crippen molar-refractivity contribution in [3.05, 3.63) is 89.6 Å². The van der Waals surface area contributed by atoms with Gasteiger partial charge in [-0.15, -0.1) is 0 Å². The molecule has 1 aliphatic rings. The average molecular weight is 545 g/mol. The normalized spacial score (nSPS) is 13.2. The molecule has 8 nitrogen and oxygen atoms in total. The minimum Gasteiger partial charge on any atom is -0.492 e. The van der Waals surface area contributed by atoms with E-state index in [0.717, 1.165) is 68.0 Å². The molecule has 1 amide bonds. The number of amides is 1. The van der Waals surface area contributed by atoms with Crippen molar-refractivity contribution in [3.8, 4) is 5.75 Å². The van der Waals surface area contributed by atoms with E-state index in [1.165, 1.54) is 5.56 Å². The van der Waals surface area contributed by atoms with E-state index < -0.39 is 12.0 Å². The van der Waals surface area contributed by atoms with Crippen LogP contribution in [-0.2, 0) is 28.9 Å². The second-order valence-electron chi connectivity index (χ2n) is 10.2. The minimum atomic E-state index is -1.02. The lowest BCUT2D eigenvalue weighted by molar-refractivity contribution is -0.142. The number of benzene rings is 2. The topological polar surface area (TPSA) is 104 Å². The molecule has 0 aliphatic carbocycles. The number of hydrogen-bond donors (Lipinski definition) is 3. The molecular weight excluding hydrogens is 504 g/mol. The highest BCUT2D eigenvalue weighted by Gasteiger charge is 2.21. The van der Waals surface area contributed by atoms with Crippen molar-refractivity contribution in [1.29, 1.82) is 0 Å². The summed E-state index contributed by atoms with van der Waals surface area (Å²) < 4.78 is 5.91. The Morgan fingerprint density at radius 1 is 0.975 bits per heavy atom. The van der Waals surface area contributed by atoms with Gasteiger partial charge in [-0.1, -0.05) is 54.6 Å². The van der Waals surface area contributed by atoms with Crippen molar-refractivity contribution >= 4 is 17.7 Å². The number of hydrogen-bond acceptors (Lipinski definition) is 6. The molecule has 1 aliphatic heterocycles. The number of anilines is 1. The molecule has 0 bridgehead atoms. The lowest BCUT2D eigenvalue weighted by Crippen LogP contribution is -2.44. The molecule has 1 aromatic heterocycles. The predicted octanol–water partition coefficient (Wildman–Crippen LogP) is 4.35. The lowest BCUT2D eigenvalue weighted by Gasteiger charge is -2.24.